The monoisotopic (exact) mass is 188 g/mol. The van der Waals surface area contributed by atoms with Gasteiger partial charge >= 0.3 is 0 Å². The van der Waals surface area contributed by atoms with Crippen molar-refractivity contribution in [1.82, 2.24) is 0 Å². The molecule has 1 aromatic carbocycles. The normalized spacial score (nSPS) is 9.58. The third-order valence-electron chi connectivity index (χ3n) is 1.36. The molecule has 1 rings (SSSR count). The summed E-state index contributed by atoms with van der Waals surface area (Å²) < 4.78 is 17.6. The van der Waals surface area contributed by atoms with Crippen LogP contribution in [0.4, 0.5) is 4.39 Å². The van der Waals surface area contributed by atoms with E-state index in [0.29, 0.717) is 6.29 Å². The Morgan fingerprint density at radius 1 is 1.58 bits per heavy atom. The molecule has 4 heteroatoms. The molecule has 0 spiro atoms. The van der Waals surface area contributed by atoms with E-state index in [4.69, 9.17) is 11.6 Å². The molecule has 0 heterocycles. The van der Waals surface area contributed by atoms with Gasteiger partial charge in [-0.25, -0.2) is 4.39 Å². The van der Waals surface area contributed by atoms with Crippen LogP contribution in [0.15, 0.2) is 12.1 Å². The molecule has 0 N–H and O–H groups in total. The SMILES string of the molecule is COc1c(F)cc(C=O)cc1Cl. The lowest BCUT2D eigenvalue weighted by Gasteiger charge is -2.03. The van der Waals surface area contributed by atoms with E-state index in [9.17, 15) is 9.18 Å². The smallest absolute Gasteiger partial charge is 0.173 e. The minimum atomic E-state index is -0.632. The summed E-state index contributed by atoms with van der Waals surface area (Å²) >= 11 is 5.59. The molecule has 0 unspecified atom stereocenters. The molecular formula is C8H6ClFO2. The number of carbonyl (C=O) groups excluding carboxylic acids is 1. The van der Waals surface area contributed by atoms with Crippen LogP contribution in [0.25, 0.3) is 0 Å². The number of carbonyl (C=O) groups is 1. The molecule has 0 fully saturated rings. The van der Waals surface area contributed by atoms with Crippen molar-refractivity contribution < 1.29 is 13.9 Å². The first-order chi connectivity index (χ1) is 5.69. The van der Waals surface area contributed by atoms with Crippen molar-refractivity contribution in [3.8, 4) is 5.75 Å². The average Bonchev–Trinajstić information content (AvgIpc) is 2.03. The number of methoxy groups -OCH3 is 1. The van der Waals surface area contributed by atoms with Crippen molar-refractivity contribution in [2.75, 3.05) is 7.11 Å². The number of ether oxygens (including phenoxy) is 1. The Hall–Kier alpha value is -1.09. The molecule has 0 aliphatic rings. The molecule has 1 aromatic rings. The second-order valence-corrected chi connectivity index (χ2v) is 2.54. The van der Waals surface area contributed by atoms with Crippen LogP contribution in [0, 0.1) is 5.82 Å². The first-order valence-corrected chi connectivity index (χ1v) is 3.55. The molecule has 0 bridgehead atoms. The van der Waals surface area contributed by atoms with Crippen LogP contribution in [0.3, 0.4) is 0 Å². The number of benzene rings is 1. The fourth-order valence-corrected chi connectivity index (χ4v) is 1.14. The number of halogens is 2. The van der Waals surface area contributed by atoms with Gasteiger partial charge in [0.25, 0.3) is 0 Å². The van der Waals surface area contributed by atoms with Crippen LogP contribution < -0.4 is 4.74 Å². The molecule has 0 aromatic heterocycles. The second kappa shape index (κ2) is 3.54. The maximum Gasteiger partial charge on any atom is 0.173 e. The number of hydrogen-bond acceptors (Lipinski definition) is 2. The van der Waals surface area contributed by atoms with Crippen molar-refractivity contribution in [2.24, 2.45) is 0 Å². The Labute approximate surface area is 73.9 Å². The highest BCUT2D eigenvalue weighted by Gasteiger charge is 2.08. The summed E-state index contributed by atoms with van der Waals surface area (Å²) in [4.78, 5) is 10.2. The second-order valence-electron chi connectivity index (χ2n) is 2.14. The van der Waals surface area contributed by atoms with Gasteiger partial charge in [-0.05, 0) is 12.1 Å². The van der Waals surface area contributed by atoms with Gasteiger partial charge in [0.2, 0.25) is 0 Å². The first-order valence-electron chi connectivity index (χ1n) is 3.17. The lowest BCUT2D eigenvalue weighted by molar-refractivity contribution is 0.112. The molecule has 0 aliphatic heterocycles. The molecule has 0 aliphatic carbocycles. The van der Waals surface area contributed by atoms with Crippen molar-refractivity contribution in [3.63, 3.8) is 0 Å². The number of hydrogen-bond donors (Lipinski definition) is 0. The predicted octanol–water partition coefficient (Wildman–Crippen LogP) is 2.30. The quantitative estimate of drug-likeness (QED) is 0.666. The molecule has 0 atom stereocenters. The maximum atomic E-state index is 12.9. The fraction of sp³-hybridized carbons (Fsp3) is 0.125. The first kappa shape index (κ1) is 9.00. The summed E-state index contributed by atoms with van der Waals surface area (Å²) in [5.41, 5.74) is 0.193. The van der Waals surface area contributed by atoms with Crippen molar-refractivity contribution in [3.05, 3.63) is 28.5 Å². The molecule has 0 radical (unpaired) electrons. The standard InChI is InChI=1S/C8H6ClFO2/c1-12-8-6(9)2-5(4-11)3-7(8)10/h2-4H,1H3. The maximum absolute atomic E-state index is 12.9. The third-order valence-corrected chi connectivity index (χ3v) is 1.64. The van der Waals surface area contributed by atoms with E-state index in [1.54, 1.807) is 0 Å². The van der Waals surface area contributed by atoms with Gasteiger partial charge in [0.05, 0.1) is 12.1 Å². The van der Waals surface area contributed by atoms with Gasteiger partial charge in [0, 0.05) is 5.56 Å². The van der Waals surface area contributed by atoms with Crippen LogP contribution >= 0.6 is 11.6 Å². The Kier molecular flexibility index (Phi) is 2.65. The minimum absolute atomic E-state index is 0.0396. The molecule has 64 valence electrons. The number of aldehydes is 1. The minimum Gasteiger partial charge on any atom is -0.492 e. The summed E-state index contributed by atoms with van der Waals surface area (Å²) in [6.07, 6.45) is 0.522. The number of rotatable bonds is 2. The zero-order valence-electron chi connectivity index (χ0n) is 6.30. The van der Waals surface area contributed by atoms with Gasteiger partial charge in [-0.3, -0.25) is 4.79 Å². The molecule has 0 saturated heterocycles. The summed E-state index contributed by atoms with van der Waals surface area (Å²) in [7, 11) is 1.31. The van der Waals surface area contributed by atoms with Gasteiger partial charge in [-0.2, -0.15) is 0 Å². The van der Waals surface area contributed by atoms with E-state index < -0.39 is 5.82 Å². The lowest BCUT2D eigenvalue weighted by Crippen LogP contribution is -1.91. The van der Waals surface area contributed by atoms with Crippen LogP contribution in [-0.4, -0.2) is 13.4 Å². The summed E-state index contributed by atoms with van der Waals surface area (Å²) in [5, 5.41) is 0.0969. The molecule has 0 amide bonds. The summed E-state index contributed by atoms with van der Waals surface area (Å²) in [6.45, 7) is 0. The molecule has 0 saturated carbocycles. The van der Waals surface area contributed by atoms with Crippen LogP contribution in [-0.2, 0) is 0 Å². The van der Waals surface area contributed by atoms with Gasteiger partial charge in [0.15, 0.2) is 11.6 Å². The topological polar surface area (TPSA) is 26.3 Å². The van der Waals surface area contributed by atoms with E-state index in [2.05, 4.69) is 4.74 Å². The van der Waals surface area contributed by atoms with E-state index in [0.717, 1.165) is 6.07 Å². The summed E-state index contributed by atoms with van der Waals surface area (Å²) in [5.74, 6) is -0.672. The Balaban J connectivity index is 3.27. The highest BCUT2D eigenvalue weighted by Crippen LogP contribution is 2.28. The third kappa shape index (κ3) is 1.56. The van der Waals surface area contributed by atoms with Gasteiger partial charge in [-0.1, -0.05) is 11.6 Å². The highest BCUT2D eigenvalue weighted by molar-refractivity contribution is 6.32. The van der Waals surface area contributed by atoms with Crippen LogP contribution in [0.1, 0.15) is 10.4 Å². The zero-order chi connectivity index (χ0) is 9.14. The highest BCUT2D eigenvalue weighted by atomic mass is 35.5. The van der Waals surface area contributed by atoms with Gasteiger partial charge in [0.1, 0.15) is 6.29 Å². The molecule has 2 nitrogen and oxygen atoms in total. The fourth-order valence-electron chi connectivity index (χ4n) is 0.843. The largest absolute Gasteiger partial charge is 0.492 e. The zero-order valence-corrected chi connectivity index (χ0v) is 7.06. The van der Waals surface area contributed by atoms with E-state index in [1.807, 2.05) is 0 Å². The Morgan fingerprint density at radius 2 is 2.25 bits per heavy atom. The van der Waals surface area contributed by atoms with E-state index >= 15 is 0 Å². The predicted molar refractivity (Wildman–Crippen MR) is 43.3 cm³/mol. The van der Waals surface area contributed by atoms with Crippen LogP contribution in [0.5, 0.6) is 5.75 Å². The lowest BCUT2D eigenvalue weighted by atomic mass is 10.2. The van der Waals surface area contributed by atoms with Crippen LogP contribution in [0.2, 0.25) is 5.02 Å². The van der Waals surface area contributed by atoms with Crippen molar-refractivity contribution in [2.45, 2.75) is 0 Å². The van der Waals surface area contributed by atoms with Gasteiger partial charge in [-0.15, -0.1) is 0 Å². The molecule has 12 heavy (non-hydrogen) atoms. The Bertz CT molecular complexity index is 289. The van der Waals surface area contributed by atoms with E-state index in [-0.39, 0.29) is 16.3 Å². The van der Waals surface area contributed by atoms with E-state index in [1.165, 1.54) is 13.2 Å². The molecular weight excluding hydrogens is 183 g/mol. The van der Waals surface area contributed by atoms with Crippen molar-refractivity contribution >= 4 is 17.9 Å². The average molecular weight is 189 g/mol. The van der Waals surface area contributed by atoms with Crippen molar-refractivity contribution in [1.29, 1.82) is 0 Å². The summed E-state index contributed by atoms with van der Waals surface area (Å²) in [6, 6.07) is 2.41. The Morgan fingerprint density at radius 3 is 2.67 bits per heavy atom. The van der Waals surface area contributed by atoms with Gasteiger partial charge < -0.3 is 4.74 Å².